The molecule has 0 amide bonds. The molecule has 0 fully saturated rings. The van der Waals surface area contributed by atoms with E-state index in [9.17, 15) is 5.11 Å². The first-order valence-electron chi connectivity index (χ1n) is 5.80. The number of allylic oxidation sites excluding steroid dienone is 5. The van der Waals surface area contributed by atoms with Gasteiger partial charge >= 0.3 is 0 Å². The molecule has 0 atom stereocenters. The monoisotopic (exact) mass is 241 g/mol. The normalized spacial score (nSPS) is 11.6. The van der Waals surface area contributed by atoms with Gasteiger partial charge in [0.2, 0.25) is 0 Å². The van der Waals surface area contributed by atoms with E-state index < -0.39 is 0 Å². The smallest absolute Gasteiger partial charge is 0.115 e. The van der Waals surface area contributed by atoms with Crippen molar-refractivity contribution in [2.24, 2.45) is 0 Å². The van der Waals surface area contributed by atoms with E-state index in [0.717, 1.165) is 17.1 Å². The number of hydrogen-bond donors (Lipinski definition) is 1. The second kappa shape index (κ2) is 6.50. The van der Waals surface area contributed by atoms with E-state index in [0.29, 0.717) is 0 Å². The molecule has 18 heavy (non-hydrogen) atoms. The zero-order chi connectivity index (χ0) is 13.5. The van der Waals surface area contributed by atoms with Crippen molar-refractivity contribution in [3.8, 4) is 5.75 Å². The minimum Gasteiger partial charge on any atom is -0.508 e. The molecule has 1 aromatic rings. The fraction of sp³-hybridized carbons (Fsp3) is 0.125. The van der Waals surface area contributed by atoms with Crippen molar-refractivity contribution in [3.05, 3.63) is 73.1 Å². The average Bonchev–Trinajstić information content (AvgIpc) is 2.33. The van der Waals surface area contributed by atoms with Crippen molar-refractivity contribution in [2.75, 3.05) is 4.90 Å². The highest BCUT2D eigenvalue weighted by Crippen LogP contribution is 2.26. The van der Waals surface area contributed by atoms with Crippen LogP contribution in [0.5, 0.6) is 5.75 Å². The third-order valence-electron chi connectivity index (χ3n) is 2.47. The van der Waals surface area contributed by atoms with Gasteiger partial charge < -0.3 is 10.0 Å². The van der Waals surface area contributed by atoms with Crippen LogP contribution in [-0.4, -0.2) is 5.11 Å². The van der Waals surface area contributed by atoms with Gasteiger partial charge in [-0.2, -0.15) is 0 Å². The predicted octanol–water partition coefficient (Wildman–Crippen LogP) is 4.38. The van der Waals surface area contributed by atoms with E-state index in [1.807, 2.05) is 49.1 Å². The lowest BCUT2D eigenvalue weighted by Crippen LogP contribution is -2.18. The summed E-state index contributed by atoms with van der Waals surface area (Å²) in [6.07, 6.45) is 7.54. The lowest BCUT2D eigenvalue weighted by molar-refractivity contribution is 0.475. The topological polar surface area (TPSA) is 23.5 Å². The number of anilines is 1. The van der Waals surface area contributed by atoms with Gasteiger partial charge in [0.25, 0.3) is 0 Å². The Hall–Kier alpha value is -2.22. The van der Waals surface area contributed by atoms with Gasteiger partial charge in [-0.1, -0.05) is 25.3 Å². The molecule has 0 bridgehead atoms. The Balaban J connectivity index is 3.19. The molecule has 1 N–H and O–H groups in total. The SMILES string of the molecule is C=C/C=C(\C)N(C(=C)/C=C\C)c1ccc(O)cc1. The zero-order valence-corrected chi connectivity index (χ0v) is 10.9. The summed E-state index contributed by atoms with van der Waals surface area (Å²) in [6, 6.07) is 7.02. The highest BCUT2D eigenvalue weighted by Gasteiger charge is 2.09. The molecule has 2 nitrogen and oxygen atoms in total. The van der Waals surface area contributed by atoms with Gasteiger partial charge in [0.05, 0.1) is 0 Å². The Morgan fingerprint density at radius 1 is 1.28 bits per heavy atom. The molecule has 0 heterocycles. The molecule has 0 unspecified atom stereocenters. The quantitative estimate of drug-likeness (QED) is 0.773. The van der Waals surface area contributed by atoms with Crippen LogP contribution in [-0.2, 0) is 0 Å². The predicted molar refractivity (Wildman–Crippen MR) is 78.5 cm³/mol. The molecule has 1 rings (SSSR count). The summed E-state index contributed by atoms with van der Waals surface area (Å²) in [5.41, 5.74) is 2.82. The van der Waals surface area contributed by atoms with Crippen LogP contribution in [0.25, 0.3) is 0 Å². The van der Waals surface area contributed by atoms with Crippen LogP contribution in [0, 0.1) is 0 Å². The summed E-state index contributed by atoms with van der Waals surface area (Å²) < 4.78 is 0. The van der Waals surface area contributed by atoms with Crippen LogP contribution in [0.2, 0.25) is 0 Å². The number of aromatic hydroxyl groups is 1. The number of benzene rings is 1. The Labute approximate surface area is 109 Å². The fourth-order valence-corrected chi connectivity index (χ4v) is 1.71. The molecular formula is C16H19NO. The standard InChI is InChI=1S/C16H19NO/c1-5-7-13(3)17(14(4)8-6-2)15-9-11-16(18)12-10-15/h5-12,18H,1,4H2,2-3H3/b8-6-,13-7+. The summed E-state index contributed by atoms with van der Waals surface area (Å²) >= 11 is 0. The van der Waals surface area contributed by atoms with Gasteiger partial charge in [-0.15, -0.1) is 0 Å². The zero-order valence-electron chi connectivity index (χ0n) is 10.9. The van der Waals surface area contributed by atoms with Gasteiger partial charge in [-0.05, 0) is 50.3 Å². The Morgan fingerprint density at radius 2 is 1.89 bits per heavy atom. The molecule has 2 heteroatoms. The van der Waals surface area contributed by atoms with Crippen molar-refractivity contribution in [1.82, 2.24) is 0 Å². The van der Waals surface area contributed by atoms with Crippen LogP contribution >= 0.6 is 0 Å². The number of nitrogens with zero attached hydrogens (tertiary/aromatic N) is 1. The molecule has 0 aromatic heterocycles. The fourth-order valence-electron chi connectivity index (χ4n) is 1.71. The minimum absolute atomic E-state index is 0.251. The van der Waals surface area contributed by atoms with Crippen molar-refractivity contribution >= 4 is 5.69 Å². The Morgan fingerprint density at radius 3 is 2.39 bits per heavy atom. The molecule has 0 aliphatic heterocycles. The molecule has 0 saturated carbocycles. The van der Waals surface area contributed by atoms with Crippen LogP contribution in [0.15, 0.2) is 73.1 Å². The molecule has 0 saturated heterocycles. The average molecular weight is 241 g/mol. The van der Waals surface area contributed by atoms with Gasteiger partial charge in [-0.25, -0.2) is 0 Å². The van der Waals surface area contributed by atoms with Crippen LogP contribution in [0.3, 0.4) is 0 Å². The van der Waals surface area contributed by atoms with Gasteiger partial charge in [-0.3, -0.25) is 0 Å². The molecule has 0 aliphatic rings. The first-order valence-corrected chi connectivity index (χ1v) is 5.80. The number of hydrogen-bond acceptors (Lipinski definition) is 2. The summed E-state index contributed by atoms with van der Waals surface area (Å²) in [7, 11) is 0. The van der Waals surface area contributed by atoms with Crippen molar-refractivity contribution < 1.29 is 5.11 Å². The van der Waals surface area contributed by atoms with E-state index >= 15 is 0 Å². The van der Waals surface area contributed by atoms with E-state index in [2.05, 4.69) is 13.2 Å². The minimum atomic E-state index is 0.251. The third kappa shape index (κ3) is 3.39. The number of phenolic OH excluding ortho intramolecular Hbond substituents is 1. The lowest BCUT2D eigenvalue weighted by Gasteiger charge is -2.26. The van der Waals surface area contributed by atoms with Gasteiger partial charge in [0.15, 0.2) is 0 Å². The molecule has 0 spiro atoms. The van der Waals surface area contributed by atoms with Crippen LogP contribution in [0.4, 0.5) is 5.69 Å². The van der Waals surface area contributed by atoms with Gasteiger partial charge in [0.1, 0.15) is 5.75 Å². The second-order valence-electron chi connectivity index (χ2n) is 3.89. The van der Waals surface area contributed by atoms with Crippen LogP contribution < -0.4 is 4.90 Å². The number of rotatable bonds is 5. The number of phenols is 1. The summed E-state index contributed by atoms with van der Waals surface area (Å²) in [6.45, 7) is 11.7. The van der Waals surface area contributed by atoms with Crippen molar-refractivity contribution in [3.63, 3.8) is 0 Å². The molecule has 0 aliphatic carbocycles. The van der Waals surface area contributed by atoms with Crippen LogP contribution in [0.1, 0.15) is 13.8 Å². The molecule has 94 valence electrons. The highest BCUT2D eigenvalue weighted by atomic mass is 16.3. The molecule has 1 aromatic carbocycles. The van der Waals surface area contributed by atoms with E-state index in [4.69, 9.17) is 0 Å². The third-order valence-corrected chi connectivity index (χ3v) is 2.47. The van der Waals surface area contributed by atoms with E-state index in [1.165, 1.54) is 0 Å². The van der Waals surface area contributed by atoms with Gasteiger partial charge in [0, 0.05) is 17.1 Å². The summed E-state index contributed by atoms with van der Waals surface area (Å²) in [5.74, 6) is 0.251. The highest BCUT2D eigenvalue weighted by molar-refractivity contribution is 5.60. The summed E-state index contributed by atoms with van der Waals surface area (Å²) in [4.78, 5) is 2.00. The maximum Gasteiger partial charge on any atom is 0.115 e. The first kappa shape index (κ1) is 13.8. The Bertz CT molecular complexity index is 480. The lowest BCUT2D eigenvalue weighted by atomic mass is 10.2. The van der Waals surface area contributed by atoms with Crippen molar-refractivity contribution in [1.29, 1.82) is 0 Å². The largest absolute Gasteiger partial charge is 0.508 e. The van der Waals surface area contributed by atoms with E-state index in [1.54, 1.807) is 18.2 Å². The first-order chi connectivity index (χ1) is 8.60. The maximum atomic E-state index is 9.34. The summed E-state index contributed by atoms with van der Waals surface area (Å²) in [5, 5.41) is 9.34. The maximum absolute atomic E-state index is 9.34. The van der Waals surface area contributed by atoms with E-state index in [-0.39, 0.29) is 5.75 Å². The molecule has 0 radical (unpaired) electrons. The Kier molecular flexibility index (Phi) is 5.00. The molecular weight excluding hydrogens is 222 g/mol. The second-order valence-corrected chi connectivity index (χ2v) is 3.89. The van der Waals surface area contributed by atoms with Crippen molar-refractivity contribution in [2.45, 2.75) is 13.8 Å².